The highest BCUT2D eigenvalue weighted by Gasteiger charge is 2.16. The van der Waals surface area contributed by atoms with Crippen molar-refractivity contribution in [1.29, 1.82) is 0 Å². The van der Waals surface area contributed by atoms with Crippen LogP contribution >= 0.6 is 0 Å². The fourth-order valence-electron chi connectivity index (χ4n) is 2.91. The molecule has 3 rings (SSSR count). The molecule has 0 fully saturated rings. The fourth-order valence-corrected chi connectivity index (χ4v) is 2.91. The number of benzene rings is 3. The van der Waals surface area contributed by atoms with Gasteiger partial charge in [0.1, 0.15) is 0 Å². The van der Waals surface area contributed by atoms with Crippen molar-refractivity contribution in [3.05, 3.63) is 59.7 Å². The first-order valence-electron chi connectivity index (χ1n) is 6.89. The van der Waals surface area contributed by atoms with Gasteiger partial charge in [-0.2, -0.15) is 0 Å². The van der Waals surface area contributed by atoms with Gasteiger partial charge in [0, 0.05) is 0 Å². The van der Waals surface area contributed by atoms with E-state index < -0.39 is 0 Å². The summed E-state index contributed by atoms with van der Waals surface area (Å²) in [6, 6.07) is 17.9. The van der Waals surface area contributed by atoms with Crippen LogP contribution in [0.2, 0.25) is 0 Å². The summed E-state index contributed by atoms with van der Waals surface area (Å²) in [5, 5.41) is 5.31. The Morgan fingerprint density at radius 1 is 0.684 bits per heavy atom. The quantitative estimate of drug-likeness (QED) is 0.454. The number of fused-ring (bicyclic) bond motifs is 2. The lowest BCUT2D eigenvalue weighted by Gasteiger charge is -2.22. The highest BCUT2D eigenvalue weighted by atomic mass is 14.2. The normalized spacial score (nSPS) is 12.2. The second kappa shape index (κ2) is 4.09. The molecule has 96 valence electrons. The molecule has 0 heterocycles. The first-order valence-corrected chi connectivity index (χ1v) is 6.89. The van der Waals surface area contributed by atoms with E-state index in [0.29, 0.717) is 0 Å². The van der Waals surface area contributed by atoms with Gasteiger partial charge >= 0.3 is 0 Å². The van der Waals surface area contributed by atoms with Crippen LogP contribution in [0, 0.1) is 6.92 Å². The summed E-state index contributed by atoms with van der Waals surface area (Å²) in [5.74, 6) is 0. The fraction of sp³-hybridized carbons (Fsp3) is 0.263. The molecule has 0 N–H and O–H groups in total. The molecule has 0 aliphatic rings. The molecule has 0 spiro atoms. The predicted molar refractivity (Wildman–Crippen MR) is 84.9 cm³/mol. The van der Waals surface area contributed by atoms with E-state index in [-0.39, 0.29) is 5.41 Å². The van der Waals surface area contributed by atoms with Crippen LogP contribution < -0.4 is 0 Å². The summed E-state index contributed by atoms with van der Waals surface area (Å²) in [6.45, 7) is 9.06. The lowest BCUT2D eigenvalue weighted by Crippen LogP contribution is -2.12. The van der Waals surface area contributed by atoms with E-state index in [0.717, 1.165) is 0 Å². The molecule has 0 amide bonds. The number of hydrogen-bond donors (Lipinski definition) is 0. The van der Waals surface area contributed by atoms with Gasteiger partial charge in [0.2, 0.25) is 0 Å². The van der Waals surface area contributed by atoms with Gasteiger partial charge in [0.25, 0.3) is 0 Å². The lowest BCUT2D eigenvalue weighted by molar-refractivity contribution is 0.587. The molecule has 0 bridgehead atoms. The van der Waals surface area contributed by atoms with Crippen LogP contribution in [0.1, 0.15) is 31.9 Å². The molecule has 0 heteroatoms. The molecular weight excluding hydrogens is 228 g/mol. The van der Waals surface area contributed by atoms with Crippen molar-refractivity contribution in [3.63, 3.8) is 0 Å². The van der Waals surface area contributed by atoms with Crippen molar-refractivity contribution in [1.82, 2.24) is 0 Å². The van der Waals surface area contributed by atoms with E-state index >= 15 is 0 Å². The highest BCUT2D eigenvalue weighted by Crippen LogP contribution is 2.31. The second-order valence-electron chi connectivity index (χ2n) is 6.46. The van der Waals surface area contributed by atoms with Crippen LogP contribution in [0.25, 0.3) is 21.5 Å². The lowest BCUT2D eigenvalue weighted by atomic mass is 9.82. The molecule has 0 aromatic heterocycles. The smallest absolute Gasteiger partial charge is 0.0129 e. The Bertz CT molecular complexity index is 758. The van der Waals surface area contributed by atoms with E-state index in [1.54, 1.807) is 0 Å². The Morgan fingerprint density at radius 2 is 1.21 bits per heavy atom. The summed E-state index contributed by atoms with van der Waals surface area (Å²) >= 11 is 0. The minimum absolute atomic E-state index is 0.198. The Morgan fingerprint density at radius 3 is 1.74 bits per heavy atom. The molecule has 0 radical (unpaired) electrons. The van der Waals surface area contributed by atoms with E-state index in [9.17, 15) is 0 Å². The van der Waals surface area contributed by atoms with Crippen LogP contribution in [0.5, 0.6) is 0 Å². The Labute approximate surface area is 115 Å². The highest BCUT2D eigenvalue weighted by molar-refractivity contribution is 5.98. The molecule has 0 aliphatic heterocycles. The number of hydrogen-bond acceptors (Lipinski definition) is 0. The molecule has 0 unspecified atom stereocenters. The van der Waals surface area contributed by atoms with Gasteiger partial charge in [-0.05, 0) is 57.1 Å². The molecular formula is C19H20. The van der Waals surface area contributed by atoms with Gasteiger partial charge in [-0.25, -0.2) is 0 Å². The van der Waals surface area contributed by atoms with Crippen LogP contribution in [0.15, 0.2) is 48.5 Å². The van der Waals surface area contributed by atoms with Crippen molar-refractivity contribution in [2.75, 3.05) is 0 Å². The van der Waals surface area contributed by atoms with Gasteiger partial charge < -0.3 is 0 Å². The third kappa shape index (κ3) is 2.12. The SMILES string of the molecule is Cc1cc2cc3ccccc3cc2cc1C(C)(C)C. The third-order valence-electron chi connectivity index (χ3n) is 3.86. The van der Waals surface area contributed by atoms with Gasteiger partial charge in [-0.1, -0.05) is 57.2 Å². The monoisotopic (exact) mass is 248 g/mol. The molecule has 0 saturated carbocycles. The Hall–Kier alpha value is -1.82. The largest absolute Gasteiger partial charge is 0.0616 e. The molecule has 0 saturated heterocycles. The van der Waals surface area contributed by atoms with Crippen LogP contribution in [0.3, 0.4) is 0 Å². The molecule has 0 nitrogen and oxygen atoms in total. The van der Waals surface area contributed by atoms with Gasteiger partial charge in [-0.3, -0.25) is 0 Å². The van der Waals surface area contributed by atoms with E-state index in [1.807, 2.05) is 0 Å². The molecule has 0 atom stereocenters. The molecule has 0 aliphatic carbocycles. The minimum Gasteiger partial charge on any atom is -0.0616 e. The van der Waals surface area contributed by atoms with Crippen molar-refractivity contribution >= 4 is 21.5 Å². The summed E-state index contributed by atoms with van der Waals surface area (Å²) in [6.07, 6.45) is 0. The maximum atomic E-state index is 2.36. The van der Waals surface area contributed by atoms with Gasteiger partial charge in [0.05, 0.1) is 0 Å². The third-order valence-corrected chi connectivity index (χ3v) is 3.86. The molecule has 19 heavy (non-hydrogen) atoms. The first kappa shape index (κ1) is 12.2. The summed E-state index contributed by atoms with van der Waals surface area (Å²) in [4.78, 5) is 0. The zero-order valence-corrected chi connectivity index (χ0v) is 12.1. The van der Waals surface area contributed by atoms with Crippen molar-refractivity contribution in [2.24, 2.45) is 0 Å². The number of rotatable bonds is 0. The topological polar surface area (TPSA) is 0 Å². The van der Waals surface area contributed by atoms with E-state index in [1.165, 1.54) is 32.7 Å². The van der Waals surface area contributed by atoms with Crippen molar-refractivity contribution < 1.29 is 0 Å². The maximum absolute atomic E-state index is 2.36. The Balaban J connectivity index is 2.36. The standard InChI is InChI=1S/C19H20/c1-13-9-16-10-14-7-5-6-8-15(14)11-17(16)12-18(13)19(2,3)4/h5-12H,1-4H3. The second-order valence-corrected chi connectivity index (χ2v) is 6.46. The van der Waals surface area contributed by atoms with Gasteiger partial charge in [0.15, 0.2) is 0 Å². The molecule has 3 aromatic carbocycles. The Kier molecular flexibility index (Phi) is 2.63. The summed E-state index contributed by atoms with van der Waals surface area (Å²) in [7, 11) is 0. The zero-order chi connectivity index (χ0) is 13.6. The van der Waals surface area contributed by atoms with Crippen molar-refractivity contribution in [2.45, 2.75) is 33.1 Å². The average molecular weight is 248 g/mol. The summed E-state index contributed by atoms with van der Waals surface area (Å²) in [5.41, 5.74) is 3.02. The predicted octanol–water partition coefficient (Wildman–Crippen LogP) is 5.60. The van der Waals surface area contributed by atoms with Gasteiger partial charge in [-0.15, -0.1) is 0 Å². The van der Waals surface area contributed by atoms with Crippen molar-refractivity contribution in [3.8, 4) is 0 Å². The van der Waals surface area contributed by atoms with Crippen LogP contribution in [-0.2, 0) is 5.41 Å². The average Bonchev–Trinajstić information content (AvgIpc) is 2.34. The minimum atomic E-state index is 0.198. The first-order chi connectivity index (χ1) is 8.95. The zero-order valence-electron chi connectivity index (χ0n) is 12.1. The molecule has 3 aromatic rings. The maximum Gasteiger partial charge on any atom is -0.0129 e. The van der Waals surface area contributed by atoms with E-state index in [2.05, 4.69) is 76.2 Å². The van der Waals surface area contributed by atoms with E-state index in [4.69, 9.17) is 0 Å². The summed E-state index contributed by atoms with van der Waals surface area (Å²) < 4.78 is 0. The number of aryl methyl sites for hydroxylation is 1. The van der Waals surface area contributed by atoms with Crippen LogP contribution in [0.4, 0.5) is 0 Å². The van der Waals surface area contributed by atoms with Crippen LogP contribution in [-0.4, -0.2) is 0 Å².